The van der Waals surface area contributed by atoms with Gasteiger partial charge in [-0.15, -0.1) is 0 Å². The second-order valence-electron chi connectivity index (χ2n) is 2.89. The van der Waals surface area contributed by atoms with Crippen LogP contribution in [0.4, 0.5) is 0 Å². The van der Waals surface area contributed by atoms with Crippen molar-refractivity contribution in [1.29, 1.82) is 0 Å². The smallest absolute Gasteiger partial charge is 0.270 e. The van der Waals surface area contributed by atoms with Crippen LogP contribution in [0.2, 0.25) is 0 Å². The van der Waals surface area contributed by atoms with Gasteiger partial charge in [0.15, 0.2) is 0 Å². The Morgan fingerprint density at radius 2 is 2.21 bits per heavy atom. The molecule has 1 aromatic heterocycles. The van der Waals surface area contributed by atoms with Crippen molar-refractivity contribution in [2.75, 3.05) is 0 Å². The molecule has 14 heavy (non-hydrogen) atoms. The molecule has 0 aromatic carbocycles. The molecule has 2 heterocycles. The highest BCUT2D eigenvalue weighted by atomic mass is 16.2. The molecule has 0 aliphatic carbocycles. The topological polar surface area (TPSA) is 42.0 Å². The van der Waals surface area contributed by atoms with Crippen molar-refractivity contribution >= 4 is 5.91 Å². The zero-order valence-electron chi connectivity index (χ0n) is 8.92. The van der Waals surface area contributed by atoms with E-state index < -0.39 is 0 Å². The first-order valence-corrected chi connectivity index (χ1v) is 5.07. The van der Waals surface area contributed by atoms with E-state index in [4.69, 9.17) is 0 Å². The molecule has 0 spiro atoms. The Bertz CT molecular complexity index is 334. The van der Waals surface area contributed by atoms with Crippen LogP contribution >= 0.6 is 0 Å². The molecular formula is C11H16N2O. The second-order valence-corrected chi connectivity index (χ2v) is 2.89. The van der Waals surface area contributed by atoms with Gasteiger partial charge in [-0.25, -0.2) is 0 Å². The highest BCUT2D eigenvalue weighted by Crippen LogP contribution is 2.14. The minimum absolute atomic E-state index is 0.0485. The number of carbonyl (C=O) groups excluding carboxylic acids is 1. The minimum Gasteiger partial charge on any atom is -0.347 e. The molecule has 1 aliphatic rings. The Kier molecular flexibility index (Phi) is 3.63. The summed E-state index contributed by atoms with van der Waals surface area (Å²) in [7, 11) is 0. The maximum atomic E-state index is 11.1. The summed E-state index contributed by atoms with van der Waals surface area (Å²) in [5.74, 6) is -0.0485. The van der Waals surface area contributed by atoms with Crippen molar-refractivity contribution in [3.8, 4) is 0 Å². The number of aryl methyl sites for hydroxylation is 1. The number of pyridine rings is 1. The Morgan fingerprint density at radius 1 is 1.50 bits per heavy atom. The van der Waals surface area contributed by atoms with E-state index in [-0.39, 0.29) is 5.91 Å². The number of hydrogen-bond acceptors (Lipinski definition) is 2. The summed E-state index contributed by atoms with van der Waals surface area (Å²) in [5.41, 5.74) is 2.80. The zero-order chi connectivity index (χ0) is 10.6. The van der Waals surface area contributed by atoms with E-state index in [1.807, 2.05) is 19.9 Å². The summed E-state index contributed by atoms with van der Waals surface area (Å²) in [6.07, 6.45) is 2.73. The summed E-state index contributed by atoms with van der Waals surface area (Å²) in [4.78, 5) is 15.2. The van der Waals surface area contributed by atoms with Crippen LogP contribution in [0.5, 0.6) is 0 Å². The van der Waals surface area contributed by atoms with Crippen molar-refractivity contribution in [3.05, 3.63) is 29.1 Å². The summed E-state index contributed by atoms with van der Waals surface area (Å²) in [6.45, 7) is 6.71. The van der Waals surface area contributed by atoms with Crippen LogP contribution < -0.4 is 5.32 Å². The van der Waals surface area contributed by atoms with Crippen LogP contribution in [0.1, 0.15) is 42.4 Å². The fourth-order valence-electron chi connectivity index (χ4n) is 1.35. The number of rotatable bonds is 1. The molecule has 1 aliphatic heterocycles. The standard InChI is InChI=1S/C9H10N2O.C2H6/c1-2-6-3-7-5-11-9(12)8(7)10-4-6;1-2/h3-4H,2,5H2,1H3,(H,11,12);1-2H3. The first kappa shape index (κ1) is 10.7. The van der Waals surface area contributed by atoms with Gasteiger partial charge in [-0.3, -0.25) is 9.78 Å². The largest absolute Gasteiger partial charge is 0.347 e. The van der Waals surface area contributed by atoms with Gasteiger partial charge in [0.05, 0.1) is 0 Å². The van der Waals surface area contributed by atoms with E-state index in [1.165, 1.54) is 5.56 Å². The molecule has 3 heteroatoms. The normalized spacial score (nSPS) is 12.6. The van der Waals surface area contributed by atoms with Crippen molar-refractivity contribution in [3.63, 3.8) is 0 Å². The van der Waals surface area contributed by atoms with Gasteiger partial charge in [-0.1, -0.05) is 26.8 Å². The van der Waals surface area contributed by atoms with Crippen molar-refractivity contribution < 1.29 is 4.79 Å². The van der Waals surface area contributed by atoms with Gasteiger partial charge in [-0.05, 0) is 12.0 Å². The number of nitrogens with zero attached hydrogens (tertiary/aromatic N) is 1. The zero-order valence-corrected chi connectivity index (χ0v) is 8.92. The van der Waals surface area contributed by atoms with Crippen LogP contribution in [-0.4, -0.2) is 10.9 Å². The Morgan fingerprint density at radius 3 is 2.86 bits per heavy atom. The van der Waals surface area contributed by atoms with Crippen LogP contribution in [0.15, 0.2) is 12.3 Å². The SMILES string of the molecule is CC.CCc1cnc2c(c1)CNC2=O. The number of carbonyl (C=O) groups is 1. The Hall–Kier alpha value is -1.38. The maximum Gasteiger partial charge on any atom is 0.270 e. The average Bonchev–Trinajstić information content (AvgIpc) is 2.63. The third-order valence-electron chi connectivity index (χ3n) is 2.09. The average molecular weight is 192 g/mol. The van der Waals surface area contributed by atoms with Crippen LogP contribution in [0.3, 0.4) is 0 Å². The summed E-state index contributed by atoms with van der Waals surface area (Å²) >= 11 is 0. The highest BCUT2D eigenvalue weighted by Gasteiger charge is 2.19. The van der Waals surface area contributed by atoms with E-state index in [0.717, 1.165) is 12.0 Å². The first-order chi connectivity index (χ1) is 6.81. The van der Waals surface area contributed by atoms with E-state index in [1.54, 1.807) is 6.20 Å². The Labute approximate surface area is 84.6 Å². The van der Waals surface area contributed by atoms with E-state index in [2.05, 4.69) is 17.2 Å². The number of nitrogens with one attached hydrogen (secondary N) is 1. The lowest BCUT2D eigenvalue weighted by molar-refractivity contribution is 0.0961. The van der Waals surface area contributed by atoms with E-state index >= 15 is 0 Å². The lowest BCUT2D eigenvalue weighted by atomic mass is 10.1. The predicted octanol–water partition coefficient (Wildman–Crippen LogP) is 1.91. The lowest BCUT2D eigenvalue weighted by Crippen LogP contribution is -2.13. The van der Waals surface area contributed by atoms with Crippen LogP contribution in [0.25, 0.3) is 0 Å². The minimum atomic E-state index is -0.0485. The molecule has 1 aromatic rings. The van der Waals surface area contributed by atoms with Gasteiger partial charge in [0, 0.05) is 18.3 Å². The molecule has 1 N–H and O–H groups in total. The lowest BCUT2D eigenvalue weighted by Gasteiger charge is -1.97. The summed E-state index contributed by atoms with van der Waals surface area (Å²) < 4.78 is 0. The molecule has 76 valence electrons. The van der Waals surface area contributed by atoms with Gasteiger partial charge in [0.25, 0.3) is 5.91 Å². The number of hydrogen-bond donors (Lipinski definition) is 1. The molecule has 0 saturated carbocycles. The highest BCUT2D eigenvalue weighted by molar-refractivity contribution is 5.96. The molecule has 0 fully saturated rings. The van der Waals surface area contributed by atoms with Crippen molar-refractivity contribution in [2.24, 2.45) is 0 Å². The molecule has 3 nitrogen and oxygen atoms in total. The predicted molar refractivity (Wildman–Crippen MR) is 56.1 cm³/mol. The van der Waals surface area contributed by atoms with Gasteiger partial charge in [0.1, 0.15) is 5.69 Å². The molecule has 1 amide bonds. The maximum absolute atomic E-state index is 11.1. The van der Waals surface area contributed by atoms with Crippen molar-refractivity contribution in [2.45, 2.75) is 33.7 Å². The molecule has 0 radical (unpaired) electrons. The van der Waals surface area contributed by atoms with Gasteiger partial charge < -0.3 is 5.32 Å². The third-order valence-corrected chi connectivity index (χ3v) is 2.09. The molecule has 0 unspecified atom stereocenters. The fourth-order valence-corrected chi connectivity index (χ4v) is 1.35. The molecule has 0 atom stereocenters. The molecule has 2 rings (SSSR count). The third kappa shape index (κ3) is 1.92. The number of fused-ring (bicyclic) bond motifs is 1. The summed E-state index contributed by atoms with van der Waals surface area (Å²) in [5, 5.41) is 2.73. The Balaban J connectivity index is 0.000000461. The molecule has 0 bridgehead atoms. The quantitative estimate of drug-likeness (QED) is 0.738. The van der Waals surface area contributed by atoms with E-state index in [9.17, 15) is 4.79 Å². The van der Waals surface area contributed by atoms with E-state index in [0.29, 0.717) is 12.2 Å². The first-order valence-electron chi connectivity index (χ1n) is 5.07. The van der Waals surface area contributed by atoms with Crippen LogP contribution in [0, 0.1) is 0 Å². The van der Waals surface area contributed by atoms with Gasteiger partial charge in [-0.2, -0.15) is 0 Å². The monoisotopic (exact) mass is 192 g/mol. The number of aromatic nitrogens is 1. The number of amides is 1. The fraction of sp³-hybridized carbons (Fsp3) is 0.455. The van der Waals surface area contributed by atoms with Gasteiger partial charge >= 0.3 is 0 Å². The van der Waals surface area contributed by atoms with Gasteiger partial charge in [0.2, 0.25) is 0 Å². The molecular weight excluding hydrogens is 176 g/mol. The van der Waals surface area contributed by atoms with Crippen molar-refractivity contribution in [1.82, 2.24) is 10.3 Å². The molecule has 0 saturated heterocycles. The van der Waals surface area contributed by atoms with Crippen LogP contribution in [-0.2, 0) is 13.0 Å². The second kappa shape index (κ2) is 4.74. The summed E-state index contributed by atoms with van der Waals surface area (Å²) in [6, 6.07) is 2.04.